The summed E-state index contributed by atoms with van der Waals surface area (Å²) in [6.45, 7) is 2.05. The van der Waals surface area contributed by atoms with Crippen LogP contribution in [0.2, 0.25) is 5.02 Å². The summed E-state index contributed by atoms with van der Waals surface area (Å²) in [6.07, 6.45) is -4.56. The van der Waals surface area contributed by atoms with Crippen LogP contribution in [-0.4, -0.2) is 18.4 Å². The maximum absolute atomic E-state index is 12.9. The minimum atomic E-state index is -4.55. The largest absolute Gasteiger partial charge is 0.416 e. The molecule has 0 unspecified atom stereocenters. The van der Waals surface area contributed by atoms with Crippen molar-refractivity contribution in [1.29, 1.82) is 0 Å². The van der Waals surface area contributed by atoms with Gasteiger partial charge in [0.25, 0.3) is 0 Å². The highest BCUT2D eigenvalue weighted by atomic mass is 35.5. The summed E-state index contributed by atoms with van der Waals surface area (Å²) in [4.78, 5) is 26.3. The molecule has 8 heteroatoms. The number of nitrogens with one attached hydrogen (secondary N) is 1. The van der Waals surface area contributed by atoms with Crippen LogP contribution >= 0.6 is 11.6 Å². The van der Waals surface area contributed by atoms with Gasteiger partial charge in [-0.2, -0.15) is 13.2 Å². The molecule has 1 aliphatic heterocycles. The molecule has 1 atom stereocenters. The SMILES string of the molecule is Cc1cccc(N2C[C@H](C(=O)Nc3cc(C(F)(F)F)ccc3Cl)CC2=O)c1. The molecule has 0 aliphatic carbocycles. The molecule has 0 spiro atoms. The molecule has 0 aromatic heterocycles. The molecule has 27 heavy (non-hydrogen) atoms. The van der Waals surface area contributed by atoms with Crippen molar-refractivity contribution in [3.63, 3.8) is 0 Å². The minimum absolute atomic E-state index is 0.00351. The quantitative estimate of drug-likeness (QED) is 0.820. The summed E-state index contributed by atoms with van der Waals surface area (Å²) in [5.74, 6) is -1.43. The molecule has 2 aromatic rings. The Kier molecular flexibility index (Phi) is 5.15. The first-order valence-electron chi connectivity index (χ1n) is 8.20. The van der Waals surface area contributed by atoms with Crippen molar-refractivity contribution in [1.82, 2.24) is 0 Å². The summed E-state index contributed by atoms with van der Waals surface area (Å²) in [5.41, 5.74) is 0.625. The van der Waals surface area contributed by atoms with Gasteiger partial charge in [0.2, 0.25) is 11.8 Å². The van der Waals surface area contributed by atoms with Gasteiger partial charge in [-0.1, -0.05) is 23.7 Å². The molecule has 0 saturated carbocycles. The number of nitrogens with zero attached hydrogens (tertiary/aromatic N) is 1. The molecule has 0 radical (unpaired) electrons. The van der Waals surface area contributed by atoms with E-state index < -0.39 is 23.6 Å². The van der Waals surface area contributed by atoms with E-state index in [0.717, 1.165) is 23.8 Å². The number of hydrogen-bond acceptors (Lipinski definition) is 2. The minimum Gasteiger partial charge on any atom is -0.324 e. The van der Waals surface area contributed by atoms with Gasteiger partial charge in [0.15, 0.2) is 0 Å². The lowest BCUT2D eigenvalue weighted by Gasteiger charge is -2.17. The predicted molar refractivity (Wildman–Crippen MR) is 96.7 cm³/mol. The molecule has 1 fully saturated rings. The van der Waals surface area contributed by atoms with Gasteiger partial charge in [-0.15, -0.1) is 0 Å². The maximum Gasteiger partial charge on any atom is 0.416 e. The van der Waals surface area contributed by atoms with Gasteiger partial charge in [-0.3, -0.25) is 9.59 Å². The molecule has 2 amide bonds. The van der Waals surface area contributed by atoms with E-state index in [1.807, 2.05) is 25.1 Å². The Morgan fingerprint density at radius 3 is 2.63 bits per heavy atom. The van der Waals surface area contributed by atoms with Crippen LogP contribution in [0, 0.1) is 12.8 Å². The number of amides is 2. The van der Waals surface area contributed by atoms with E-state index in [4.69, 9.17) is 11.6 Å². The normalized spacial score (nSPS) is 17.3. The summed E-state index contributed by atoms with van der Waals surface area (Å²) in [7, 11) is 0. The Balaban J connectivity index is 1.75. The van der Waals surface area contributed by atoms with Crippen LogP contribution in [-0.2, 0) is 15.8 Å². The number of hydrogen-bond donors (Lipinski definition) is 1. The summed E-state index contributed by atoms with van der Waals surface area (Å²) < 4.78 is 38.6. The lowest BCUT2D eigenvalue weighted by Crippen LogP contribution is -2.28. The first kappa shape index (κ1) is 19.2. The zero-order chi connectivity index (χ0) is 19.8. The topological polar surface area (TPSA) is 49.4 Å². The second-order valence-corrected chi connectivity index (χ2v) is 6.83. The first-order valence-corrected chi connectivity index (χ1v) is 8.57. The molecular formula is C19H16ClF3N2O2. The van der Waals surface area contributed by atoms with Gasteiger partial charge in [0.05, 0.1) is 22.2 Å². The Morgan fingerprint density at radius 1 is 1.22 bits per heavy atom. The Bertz CT molecular complexity index is 899. The lowest BCUT2D eigenvalue weighted by molar-refractivity contribution is -0.137. The van der Waals surface area contributed by atoms with E-state index >= 15 is 0 Å². The van der Waals surface area contributed by atoms with Crippen LogP contribution in [0.25, 0.3) is 0 Å². The van der Waals surface area contributed by atoms with Gasteiger partial charge < -0.3 is 10.2 Å². The predicted octanol–water partition coefficient (Wildman–Crippen LogP) is 4.66. The number of halogens is 4. The molecule has 1 N–H and O–H groups in total. The third-order valence-electron chi connectivity index (χ3n) is 4.36. The van der Waals surface area contributed by atoms with E-state index in [1.54, 1.807) is 6.07 Å². The Labute approximate surface area is 158 Å². The number of rotatable bonds is 3. The standard InChI is InChI=1S/C19H16ClF3N2O2/c1-11-3-2-4-14(7-11)25-10-12(8-17(25)26)18(27)24-16-9-13(19(21,22)23)5-6-15(16)20/h2-7,9,12H,8,10H2,1H3,(H,24,27)/t12-/m1/s1. The van der Waals surface area contributed by atoms with E-state index in [2.05, 4.69) is 5.32 Å². The molecule has 4 nitrogen and oxygen atoms in total. The van der Waals surface area contributed by atoms with Crippen LogP contribution in [0.15, 0.2) is 42.5 Å². The maximum atomic E-state index is 12.9. The van der Waals surface area contributed by atoms with E-state index in [9.17, 15) is 22.8 Å². The summed E-state index contributed by atoms with van der Waals surface area (Å²) >= 11 is 5.91. The van der Waals surface area contributed by atoms with Gasteiger partial charge in [0, 0.05) is 18.7 Å². The zero-order valence-corrected chi connectivity index (χ0v) is 15.1. The molecular weight excluding hydrogens is 381 g/mol. The monoisotopic (exact) mass is 396 g/mol. The molecule has 1 heterocycles. The number of aryl methyl sites for hydroxylation is 1. The van der Waals surface area contributed by atoms with Crippen molar-refractivity contribution in [2.45, 2.75) is 19.5 Å². The van der Waals surface area contributed by atoms with Gasteiger partial charge in [-0.25, -0.2) is 0 Å². The van der Waals surface area contributed by atoms with Crippen molar-refractivity contribution >= 4 is 34.8 Å². The number of anilines is 2. The van der Waals surface area contributed by atoms with Gasteiger partial charge >= 0.3 is 6.18 Å². The molecule has 2 aromatic carbocycles. The number of alkyl halides is 3. The summed E-state index contributed by atoms with van der Waals surface area (Å²) in [5, 5.41) is 2.42. The highest BCUT2D eigenvalue weighted by Crippen LogP contribution is 2.34. The van der Waals surface area contributed by atoms with Crippen molar-refractivity contribution in [2.75, 3.05) is 16.8 Å². The summed E-state index contributed by atoms with van der Waals surface area (Å²) in [6, 6.07) is 10.0. The average molecular weight is 397 g/mol. The fourth-order valence-corrected chi connectivity index (χ4v) is 3.13. The van der Waals surface area contributed by atoms with Crippen LogP contribution in [0.5, 0.6) is 0 Å². The smallest absolute Gasteiger partial charge is 0.324 e. The first-order chi connectivity index (χ1) is 12.6. The molecule has 1 saturated heterocycles. The molecule has 0 bridgehead atoms. The van der Waals surface area contributed by atoms with Crippen molar-refractivity contribution in [3.05, 3.63) is 58.6 Å². The third kappa shape index (κ3) is 4.24. The molecule has 142 valence electrons. The van der Waals surface area contributed by atoms with Crippen molar-refractivity contribution in [2.24, 2.45) is 5.92 Å². The van der Waals surface area contributed by atoms with Gasteiger partial charge in [0.1, 0.15) is 0 Å². The number of carbonyl (C=O) groups excluding carboxylic acids is 2. The van der Waals surface area contributed by atoms with Crippen LogP contribution in [0.3, 0.4) is 0 Å². The van der Waals surface area contributed by atoms with E-state index in [-0.39, 0.29) is 29.6 Å². The van der Waals surface area contributed by atoms with E-state index in [1.165, 1.54) is 4.90 Å². The van der Waals surface area contributed by atoms with Crippen LogP contribution < -0.4 is 10.2 Å². The highest BCUT2D eigenvalue weighted by molar-refractivity contribution is 6.33. The molecule has 1 aliphatic rings. The van der Waals surface area contributed by atoms with Crippen molar-refractivity contribution < 1.29 is 22.8 Å². The van der Waals surface area contributed by atoms with Crippen LogP contribution in [0.1, 0.15) is 17.5 Å². The number of benzene rings is 2. The fourth-order valence-electron chi connectivity index (χ4n) is 2.96. The number of carbonyl (C=O) groups is 2. The lowest BCUT2D eigenvalue weighted by atomic mass is 10.1. The second-order valence-electron chi connectivity index (χ2n) is 6.43. The van der Waals surface area contributed by atoms with Crippen LogP contribution in [0.4, 0.5) is 24.5 Å². The zero-order valence-electron chi connectivity index (χ0n) is 14.3. The van der Waals surface area contributed by atoms with Gasteiger partial charge in [-0.05, 0) is 42.8 Å². The average Bonchev–Trinajstić information content (AvgIpc) is 2.98. The third-order valence-corrected chi connectivity index (χ3v) is 4.69. The molecule has 3 rings (SSSR count). The Morgan fingerprint density at radius 2 is 1.96 bits per heavy atom. The van der Waals surface area contributed by atoms with E-state index in [0.29, 0.717) is 5.69 Å². The highest BCUT2D eigenvalue weighted by Gasteiger charge is 2.36. The Hall–Kier alpha value is -2.54. The second kappa shape index (κ2) is 7.23. The van der Waals surface area contributed by atoms with Crippen molar-refractivity contribution in [3.8, 4) is 0 Å². The fraction of sp³-hybridized carbons (Fsp3) is 0.263.